The molecule has 1 saturated heterocycles. The summed E-state index contributed by atoms with van der Waals surface area (Å²) in [6, 6.07) is 7.56. The van der Waals surface area contributed by atoms with Gasteiger partial charge in [0.25, 0.3) is 0 Å². The monoisotopic (exact) mass is 642 g/mol. The number of phenols is 1. The molecule has 0 spiro atoms. The molecule has 256 valence electrons. The topological polar surface area (TPSA) is 87.1 Å². The molecule has 47 heavy (non-hydrogen) atoms. The minimum absolute atomic E-state index is 0.00885. The zero-order valence-corrected chi connectivity index (χ0v) is 30.0. The average Bonchev–Trinajstić information content (AvgIpc) is 3.32. The molecular formula is C42H58O5. The number of fused-ring (bicyclic) bond motifs is 5. The molecule has 5 heteroatoms. The molecule has 5 nitrogen and oxygen atoms in total. The lowest BCUT2D eigenvalue weighted by Gasteiger charge is -2.70. The highest BCUT2D eigenvalue weighted by molar-refractivity contribution is 6.01. The number of hydrogen-bond donors (Lipinski definition) is 2. The first-order valence-corrected chi connectivity index (χ1v) is 19.0. The van der Waals surface area contributed by atoms with Crippen molar-refractivity contribution < 1.29 is 24.5 Å². The van der Waals surface area contributed by atoms with E-state index in [-0.39, 0.29) is 39.6 Å². The highest BCUT2D eigenvalue weighted by Gasteiger charge is 2.74. The maximum atomic E-state index is 14.7. The van der Waals surface area contributed by atoms with E-state index in [9.17, 15) is 19.8 Å². The van der Waals surface area contributed by atoms with Crippen molar-refractivity contribution in [3.8, 4) is 5.75 Å². The second kappa shape index (κ2) is 10.1. The molecular weight excluding hydrogens is 584 g/mol. The van der Waals surface area contributed by atoms with Crippen molar-refractivity contribution in [2.24, 2.45) is 51.2 Å². The van der Waals surface area contributed by atoms with E-state index >= 15 is 0 Å². The van der Waals surface area contributed by atoms with Crippen LogP contribution in [0.25, 0.3) is 0 Å². The van der Waals surface area contributed by atoms with Gasteiger partial charge >= 0.3 is 0 Å². The van der Waals surface area contributed by atoms with E-state index in [0.717, 1.165) is 49.7 Å². The van der Waals surface area contributed by atoms with Crippen LogP contribution in [-0.2, 0) is 19.7 Å². The Morgan fingerprint density at radius 1 is 1.00 bits per heavy atom. The number of ether oxygens (including phenoxy) is 1. The molecule has 7 aliphatic carbocycles. The van der Waals surface area contributed by atoms with Gasteiger partial charge in [-0.3, -0.25) is 9.59 Å². The summed E-state index contributed by atoms with van der Waals surface area (Å²) in [6.07, 6.45) is 11.1. The Morgan fingerprint density at radius 2 is 1.72 bits per heavy atom. The molecule has 8 aliphatic rings. The average molecular weight is 643 g/mol. The summed E-state index contributed by atoms with van der Waals surface area (Å²) in [5.74, 6) is 2.57. The molecule has 0 amide bonds. The summed E-state index contributed by atoms with van der Waals surface area (Å²) < 4.78 is 6.23. The molecule has 1 aromatic carbocycles. The Labute approximate surface area is 282 Å². The molecule has 6 saturated carbocycles. The van der Waals surface area contributed by atoms with Crippen molar-refractivity contribution in [1.29, 1.82) is 0 Å². The third kappa shape index (κ3) is 4.08. The fourth-order valence-electron chi connectivity index (χ4n) is 14.7. The Bertz CT molecular complexity index is 1550. The van der Waals surface area contributed by atoms with E-state index in [2.05, 4.69) is 54.5 Å². The van der Waals surface area contributed by atoms with Crippen LogP contribution in [-0.4, -0.2) is 39.6 Å². The van der Waals surface area contributed by atoms with Crippen LogP contribution in [0.4, 0.5) is 0 Å². The molecule has 7 fully saturated rings. The van der Waals surface area contributed by atoms with Gasteiger partial charge in [-0.15, -0.1) is 0 Å². The largest absolute Gasteiger partial charge is 0.508 e. The molecule has 11 atom stereocenters. The number of aliphatic hydroxyl groups is 1. The van der Waals surface area contributed by atoms with Crippen molar-refractivity contribution >= 4 is 11.6 Å². The molecule has 2 N–H and O–H groups in total. The third-order valence-electron chi connectivity index (χ3n) is 16.5. The minimum atomic E-state index is -0.594. The number of phenolic OH excluding ortho intramolecular Hbond substituents is 1. The zero-order valence-electron chi connectivity index (χ0n) is 30.0. The summed E-state index contributed by atoms with van der Waals surface area (Å²) >= 11 is 0. The maximum Gasteiger partial charge on any atom is 0.159 e. The smallest absolute Gasteiger partial charge is 0.159 e. The lowest BCUT2D eigenvalue weighted by Crippen LogP contribution is -2.67. The Kier molecular flexibility index (Phi) is 6.90. The minimum Gasteiger partial charge on any atom is -0.508 e. The fourth-order valence-corrected chi connectivity index (χ4v) is 14.7. The van der Waals surface area contributed by atoms with Gasteiger partial charge in [0, 0.05) is 17.3 Å². The molecule has 1 heterocycles. The lowest BCUT2D eigenvalue weighted by molar-refractivity contribution is -0.201. The van der Waals surface area contributed by atoms with Crippen LogP contribution in [0, 0.1) is 51.2 Å². The number of Topliss-reactive ketones (excluding diaryl/α,β-unsaturated/α-hetero) is 2. The van der Waals surface area contributed by atoms with Crippen LogP contribution < -0.4 is 0 Å². The van der Waals surface area contributed by atoms with E-state index in [1.165, 1.54) is 31.3 Å². The summed E-state index contributed by atoms with van der Waals surface area (Å²) in [5, 5.41) is 22.0. The van der Waals surface area contributed by atoms with E-state index in [4.69, 9.17) is 4.74 Å². The lowest BCUT2D eigenvalue weighted by atomic mass is 9.33. The van der Waals surface area contributed by atoms with Crippen LogP contribution in [0.3, 0.4) is 0 Å². The number of epoxide rings is 1. The Balaban J connectivity index is 1.13. The molecule has 0 aromatic heterocycles. The van der Waals surface area contributed by atoms with Crippen molar-refractivity contribution in [2.45, 2.75) is 149 Å². The quantitative estimate of drug-likeness (QED) is 0.304. The number of hydrogen-bond acceptors (Lipinski definition) is 5. The molecule has 0 radical (unpaired) electrons. The van der Waals surface area contributed by atoms with Crippen LogP contribution in [0.15, 0.2) is 35.4 Å². The first-order valence-electron chi connectivity index (χ1n) is 19.0. The number of ketones is 2. The van der Waals surface area contributed by atoms with Gasteiger partial charge < -0.3 is 14.9 Å². The van der Waals surface area contributed by atoms with Gasteiger partial charge in [-0.2, -0.15) is 0 Å². The summed E-state index contributed by atoms with van der Waals surface area (Å²) in [7, 11) is 0. The second-order valence-electron chi connectivity index (χ2n) is 19.1. The molecule has 1 aliphatic heterocycles. The first-order chi connectivity index (χ1) is 22.0. The highest BCUT2D eigenvalue weighted by atomic mass is 16.6. The summed E-state index contributed by atoms with van der Waals surface area (Å²) in [5.41, 5.74) is 1.79. The van der Waals surface area contributed by atoms with Gasteiger partial charge in [-0.1, -0.05) is 72.1 Å². The summed E-state index contributed by atoms with van der Waals surface area (Å²) in [6.45, 7) is 16.2. The summed E-state index contributed by atoms with van der Waals surface area (Å²) in [4.78, 5) is 28.9. The number of aliphatic hydroxyl groups excluding tert-OH is 1. The predicted molar refractivity (Wildman–Crippen MR) is 183 cm³/mol. The number of allylic oxidation sites excluding steroid dienone is 2. The van der Waals surface area contributed by atoms with Crippen LogP contribution in [0.2, 0.25) is 0 Å². The van der Waals surface area contributed by atoms with Gasteiger partial charge in [-0.25, -0.2) is 0 Å². The van der Waals surface area contributed by atoms with Crippen molar-refractivity contribution in [3.63, 3.8) is 0 Å². The zero-order chi connectivity index (χ0) is 33.5. The number of aromatic hydroxyl groups is 1. The van der Waals surface area contributed by atoms with Gasteiger partial charge in [-0.05, 0) is 128 Å². The van der Waals surface area contributed by atoms with E-state index in [1.807, 2.05) is 12.1 Å². The molecule has 9 rings (SSSR count). The van der Waals surface area contributed by atoms with Crippen LogP contribution in [0.5, 0.6) is 5.75 Å². The number of benzene rings is 1. The number of carbonyl (C=O) groups excluding carboxylic acids is 2. The maximum absolute atomic E-state index is 14.7. The SMILES string of the molecule is C[C@H](C[C@@H](O)[C@H]1O[C@]1(C)C1CCCC1)C1=C2CC[C@@H]3[C@]4(C)C[C@]5(c6cccc(O)c6)CC[C@H](C[C@]3(C)[C@@]2(C)CC1=O)[C@H]4C(C)(C)C5=O. The normalized spacial score (nSPS) is 46.6. The van der Waals surface area contributed by atoms with Crippen molar-refractivity contribution in [2.75, 3.05) is 0 Å². The number of carbonyl (C=O) groups is 2. The third-order valence-corrected chi connectivity index (χ3v) is 16.5. The van der Waals surface area contributed by atoms with Gasteiger partial charge in [0.05, 0.1) is 17.1 Å². The van der Waals surface area contributed by atoms with E-state index in [1.54, 1.807) is 6.07 Å². The fraction of sp³-hybridized carbons (Fsp3) is 0.762. The van der Waals surface area contributed by atoms with E-state index < -0.39 is 16.9 Å². The van der Waals surface area contributed by atoms with Crippen LogP contribution in [0.1, 0.15) is 131 Å². The van der Waals surface area contributed by atoms with Crippen molar-refractivity contribution in [1.82, 2.24) is 0 Å². The predicted octanol–water partition coefficient (Wildman–Crippen LogP) is 8.49. The molecule has 0 unspecified atom stereocenters. The van der Waals surface area contributed by atoms with E-state index in [0.29, 0.717) is 48.1 Å². The van der Waals surface area contributed by atoms with Gasteiger partial charge in [0.2, 0.25) is 0 Å². The molecule has 4 bridgehead atoms. The van der Waals surface area contributed by atoms with Gasteiger partial charge in [0.15, 0.2) is 5.78 Å². The number of rotatable bonds is 6. The van der Waals surface area contributed by atoms with Crippen LogP contribution >= 0.6 is 0 Å². The molecule has 1 aromatic rings. The van der Waals surface area contributed by atoms with Crippen molar-refractivity contribution in [3.05, 3.63) is 41.0 Å². The standard InChI is InChI=1S/C42H58O5/c1-24(19-30(44)35-41(7,47-35)26-11-8-9-12-26)33-29-15-16-32-38(4)23-42(27-13-10-14-28(43)20-27)18-17-25(34(38)37(2,3)36(42)46)21-40(32,6)39(29,5)22-31(33)45/h10,13-14,20,24-26,30,32,34-35,43-44H,8-9,11-12,15-19,21-23H2,1-7H3/t24-,25-,30-,32-,34+,35-,38+,39+,40+,41-,42+/m1/s1. The Morgan fingerprint density at radius 3 is 2.43 bits per heavy atom. The highest BCUT2D eigenvalue weighted by Crippen LogP contribution is 2.78. The van der Waals surface area contributed by atoms with Gasteiger partial charge in [0.1, 0.15) is 17.6 Å². The second-order valence-corrected chi connectivity index (χ2v) is 19.1. The first kappa shape index (κ1) is 32.2. The Hall–Kier alpha value is -1.98.